The van der Waals surface area contributed by atoms with E-state index in [0.29, 0.717) is 17.5 Å². The molecule has 4 rings (SSSR count). The first kappa shape index (κ1) is 21.6. The average Bonchev–Trinajstić information content (AvgIpc) is 2.80. The Kier molecular flexibility index (Phi) is 6.50. The first-order valence-electron chi connectivity index (χ1n) is 11.0. The molecule has 1 fully saturated rings. The highest BCUT2D eigenvalue weighted by atomic mass is 16.5. The van der Waals surface area contributed by atoms with Crippen LogP contribution >= 0.6 is 0 Å². The highest BCUT2D eigenvalue weighted by Crippen LogP contribution is 2.29. The first-order valence-corrected chi connectivity index (χ1v) is 11.0. The number of nitrogens with zero attached hydrogens (tertiary/aromatic N) is 1. The van der Waals surface area contributed by atoms with Crippen LogP contribution in [0.4, 0.5) is 5.69 Å². The number of nitrogens with one attached hydrogen (secondary N) is 3. The zero-order chi connectivity index (χ0) is 22.5. The van der Waals surface area contributed by atoms with Gasteiger partial charge in [-0.1, -0.05) is 13.0 Å². The molecule has 0 atom stereocenters. The van der Waals surface area contributed by atoms with Crippen molar-refractivity contribution in [1.29, 1.82) is 5.41 Å². The van der Waals surface area contributed by atoms with Gasteiger partial charge < -0.3 is 20.8 Å². The summed E-state index contributed by atoms with van der Waals surface area (Å²) >= 11 is 0. The monoisotopic (exact) mass is 428 g/mol. The molecule has 0 bridgehead atoms. The van der Waals surface area contributed by atoms with E-state index < -0.39 is 0 Å². The first-order chi connectivity index (χ1) is 15.6. The van der Waals surface area contributed by atoms with Gasteiger partial charge >= 0.3 is 0 Å². The quantitative estimate of drug-likeness (QED) is 0.418. The molecule has 6 nitrogen and oxygen atoms in total. The molecule has 0 radical (unpaired) electrons. The van der Waals surface area contributed by atoms with Crippen LogP contribution in [-0.4, -0.2) is 30.2 Å². The molecule has 1 heterocycles. The van der Waals surface area contributed by atoms with Crippen molar-refractivity contribution in [1.82, 2.24) is 10.3 Å². The molecule has 3 N–H and O–H groups in total. The lowest BCUT2D eigenvalue weighted by Crippen LogP contribution is -2.39. The van der Waals surface area contributed by atoms with Crippen LogP contribution in [0.25, 0.3) is 11.3 Å². The normalized spacial score (nSPS) is 13.2. The van der Waals surface area contributed by atoms with Crippen molar-refractivity contribution < 1.29 is 9.53 Å². The smallest absolute Gasteiger partial charge is 0.251 e. The number of hydrogen-bond donors (Lipinski definition) is 3. The second kappa shape index (κ2) is 9.64. The molecule has 3 aromatic rings. The minimum absolute atomic E-state index is 0.0110. The van der Waals surface area contributed by atoms with Gasteiger partial charge in [0.2, 0.25) is 0 Å². The number of aromatic nitrogens is 1. The van der Waals surface area contributed by atoms with E-state index in [-0.39, 0.29) is 5.91 Å². The fourth-order valence-electron chi connectivity index (χ4n) is 3.79. The predicted octanol–water partition coefficient (Wildman–Crippen LogP) is 5.42. The largest absolute Gasteiger partial charge is 0.457 e. The summed E-state index contributed by atoms with van der Waals surface area (Å²) in [6.45, 7) is 2.06. The molecule has 0 aliphatic heterocycles. The molecule has 1 amide bonds. The molecule has 1 aliphatic rings. The van der Waals surface area contributed by atoms with E-state index in [4.69, 9.17) is 10.1 Å². The van der Waals surface area contributed by atoms with Gasteiger partial charge in [0.05, 0.1) is 5.69 Å². The van der Waals surface area contributed by atoms with Crippen LogP contribution in [0.15, 0.2) is 54.7 Å². The van der Waals surface area contributed by atoms with E-state index >= 15 is 0 Å². The number of ether oxygens (including phenoxy) is 1. The number of carbonyl (C=O) groups excluding carboxylic acids is 1. The molecule has 1 aliphatic carbocycles. The minimum atomic E-state index is 0.0110. The fraction of sp³-hybridized carbons (Fsp3) is 0.269. The van der Waals surface area contributed by atoms with Gasteiger partial charge in [-0.05, 0) is 61.6 Å². The summed E-state index contributed by atoms with van der Waals surface area (Å²) in [6.07, 6.45) is 7.13. The van der Waals surface area contributed by atoms with Crippen LogP contribution in [0.5, 0.6) is 11.5 Å². The number of hydrogen-bond acceptors (Lipinski definition) is 5. The molecule has 1 saturated carbocycles. The number of aryl methyl sites for hydroxylation is 1. The van der Waals surface area contributed by atoms with Crippen molar-refractivity contribution in [3.05, 3.63) is 71.4 Å². The Bertz CT molecular complexity index is 1140. The lowest BCUT2D eigenvalue weighted by molar-refractivity contribution is 0.0916. The van der Waals surface area contributed by atoms with Gasteiger partial charge in [0.1, 0.15) is 11.5 Å². The summed E-state index contributed by atoms with van der Waals surface area (Å²) in [5, 5.41) is 13.7. The molecular weight excluding hydrogens is 400 g/mol. The van der Waals surface area contributed by atoms with Crippen LogP contribution in [0.1, 0.15) is 47.7 Å². The van der Waals surface area contributed by atoms with Crippen molar-refractivity contribution in [2.24, 2.45) is 0 Å². The maximum Gasteiger partial charge on any atom is 0.251 e. The molecule has 164 valence electrons. The molecule has 1 aromatic heterocycles. The minimum Gasteiger partial charge on any atom is -0.457 e. The Morgan fingerprint density at radius 1 is 1.16 bits per heavy atom. The standard InChI is InChI=1S/C26H28N4O2/c1-3-17-13-18(8-10-23(17)26(31)30-20-5-4-6-20)25-15-22(11-12-29-25)32-21-9-7-19(16-27)24(14-21)28-2/h7-16,20,27-28H,3-6H2,1-2H3,(H,30,31). The van der Waals surface area contributed by atoms with Crippen LogP contribution in [0.3, 0.4) is 0 Å². The van der Waals surface area contributed by atoms with E-state index in [0.717, 1.165) is 52.9 Å². The van der Waals surface area contributed by atoms with Gasteiger partial charge in [0, 0.05) is 60.0 Å². The highest BCUT2D eigenvalue weighted by Gasteiger charge is 2.21. The topological polar surface area (TPSA) is 87.1 Å². The third-order valence-electron chi connectivity index (χ3n) is 5.88. The highest BCUT2D eigenvalue weighted by molar-refractivity contribution is 5.96. The van der Waals surface area contributed by atoms with Gasteiger partial charge in [-0.3, -0.25) is 9.78 Å². The number of pyridine rings is 1. The van der Waals surface area contributed by atoms with Crippen LogP contribution < -0.4 is 15.4 Å². The van der Waals surface area contributed by atoms with Crippen molar-refractivity contribution in [3.8, 4) is 22.8 Å². The Hall–Kier alpha value is -3.67. The molecule has 0 spiro atoms. The van der Waals surface area contributed by atoms with Crippen molar-refractivity contribution in [2.75, 3.05) is 12.4 Å². The van der Waals surface area contributed by atoms with E-state index in [1.54, 1.807) is 6.20 Å². The van der Waals surface area contributed by atoms with Gasteiger partial charge in [0.25, 0.3) is 5.91 Å². The fourth-order valence-corrected chi connectivity index (χ4v) is 3.79. The number of carbonyl (C=O) groups is 1. The lowest BCUT2D eigenvalue weighted by atomic mass is 9.92. The zero-order valence-electron chi connectivity index (χ0n) is 18.4. The summed E-state index contributed by atoms with van der Waals surface area (Å²) in [6, 6.07) is 15.5. The third-order valence-corrected chi connectivity index (χ3v) is 5.88. The average molecular weight is 429 g/mol. The Morgan fingerprint density at radius 2 is 1.97 bits per heavy atom. The number of amides is 1. The van der Waals surface area contributed by atoms with E-state index in [9.17, 15) is 4.79 Å². The summed E-state index contributed by atoms with van der Waals surface area (Å²) in [4.78, 5) is 17.2. The predicted molar refractivity (Wildman–Crippen MR) is 128 cm³/mol. The molecule has 6 heteroatoms. The van der Waals surface area contributed by atoms with Gasteiger partial charge in [-0.15, -0.1) is 0 Å². The molecule has 0 unspecified atom stereocenters. The number of benzene rings is 2. The number of rotatable bonds is 8. The maximum absolute atomic E-state index is 12.7. The van der Waals surface area contributed by atoms with Crippen LogP contribution in [-0.2, 0) is 6.42 Å². The lowest BCUT2D eigenvalue weighted by Gasteiger charge is -2.26. The van der Waals surface area contributed by atoms with Gasteiger partial charge in [-0.25, -0.2) is 0 Å². The summed E-state index contributed by atoms with van der Waals surface area (Å²) < 4.78 is 6.04. The number of anilines is 1. The molecular formula is C26H28N4O2. The third kappa shape index (κ3) is 4.64. The Labute approximate surface area is 188 Å². The molecule has 32 heavy (non-hydrogen) atoms. The van der Waals surface area contributed by atoms with Crippen molar-refractivity contribution in [3.63, 3.8) is 0 Å². The van der Waals surface area contributed by atoms with Gasteiger partial charge in [0.15, 0.2) is 0 Å². The Morgan fingerprint density at radius 3 is 2.66 bits per heavy atom. The molecule has 0 saturated heterocycles. The van der Waals surface area contributed by atoms with Gasteiger partial charge in [-0.2, -0.15) is 0 Å². The van der Waals surface area contributed by atoms with E-state index in [1.165, 1.54) is 12.6 Å². The summed E-state index contributed by atoms with van der Waals surface area (Å²) in [7, 11) is 1.82. The zero-order valence-corrected chi connectivity index (χ0v) is 18.4. The second-order valence-corrected chi connectivity index (χ2v) is 7.95. The molecule has 2 aromatic carbocycles. The van der Waals surface area contributed by atoms with E-state index in [1.807, 2.05) is 55.6 Å². The van der Waals surface area contributed by atoms with Crippen LogP contribution in [0, 0.1) is 5.41 Å². The Balaban J connectivity index is 1.56. The SMILES string of the molecule is CCc1cc(-c2cc(Oc3ccc(C=N)c(NC)c3)ccn2)ccc1C(=O)NC1CCC1. The van der Waals surface area contributed by atoms with Crippen LogP contribution in [0.2, 0.25) is 0 Å². The maximum atomic E-state index is 12.7. The van der Waals surface area contributed by atoms with Crippen molar-refractivity contribution >= 4 is 17.8 Å². The summed E-state index contributed by atoms with van der Waals surface area (Å²) in [5.74, 6) is 1.36. The van der Waals surface area contributed by atoms with Crippen molar-refractivity contribution in [2.45, 2.75) is 38.6 Å². The van der Waals surface area contributed by atoms with E-state index in [2.05, 4.69) is 22.5 Å². The second-order valence-electron chi connectivity index (χ2n) is 7.95. The summed E-state index contributed by atoms with van der Waals surface area (Å²) in [5.41, 5.74) is 5.10.